The van der Waals surface area contributed by atoms with E-state index in [2.05, 4.69) is 19.2 Å². The van der Waals surface area contributed by atoms with Gasteiger partial charge in [0, 0.05) is 22.4 Å². The summed E-state index contributed by atoms with van der Waals surface area (Å²) in [6, 6.07) is 5.05. The number of aliphatic imine (C=N–C) groups is 1. The van der Waals surface area contributed by atoms with Crippen molar-refractivity contribution in [3.8, 4) is 11.5 Å². The lowest BCUT2D eigenvalue weighted by molar-refractivity contribution is -0.138. The van der Waals surface area contributed by atoms with E-state index in [0.29, 0.717) is 17.3 Å². The fourth-order valence-corrected chi connectivity index (χ4v) is 4.46. The molecule has 2 N–H and O–H groups in total. The molecule has 1 aliphatic heterocycles. The maximum Gasteiger partial charge on any atom is 0.326 e. The van der Waals surface area contributed by atoms with Gasteiger partial charge >= 0.3 is 5.97 Å². The first-order valence-corrected chi connectivity index (χ1v) is 9.47. The van der Waals surface area contributed by atoms with Crippen LogP contribution in [0.2, 0.25) is 0 Å². The highest BCUT2D eigenvalue weighted by Crippen LogP contribution is 2.43. The Morgan fingerprint density at radius 1 is 1.27 bits per heavy atom. The normalized spacial score (nSPS) is 23.2. The Labute approximate surface area is 157 Å². The van der Waals surface area contributed by atoms with Crippen molar-refractivity contribution in [2.45, 2.75) is 32.7 Å². The Bertz CT molecular complexity index is 786. The van der Waals surface area contributed by atoms with Crippen molar-refractivity contribution < 1.29 is 19.4 Å². The van der Waals surface area contributed by atoms with Crippen LogP contribution in [0.3, 0.4) is 0 Å². The number of rotatable bonds is 4. The van der Waals surface area contributed by atoms with Crippen LogP contribution in [0.15, 0.2) is 33.8 Å². The summed E-state index contributed by atoms with van der Waals surface area (Å²) in [5.41, 5.74) is 2.79. The number of carbonyl (C=O) groups is 1. The number of thioether (sulfide) groups is 1. The average Bonchev–Trinajstić information content (AvgIpc) is 2.60. The molecule has 0 spiro atoms. The molecule has 1 atom stereocenters. The minimum atomic E-state index is -0.814. The van der Waals surface area contributed by atoms with E-state index in [1.165, 1.54) is 0 Å². The van der Waals surface area contributed by atoms with Gasteiger partial charge in [0.05, 0.1) is 25.6 Å². The van der Waals surface area contributed by atoms with E-state index < -0.39 is 12.0 Å². The summed E-state index contributed by atoms with van der Waals surface area (Å²) in [5, 5.41) is 12.5. The van der Waals surface area contributed by atoms with Crippen LogP contribution >= 0.6 is 11.8 Å². The number of carboxylic acid groups (broad SMARTS) is 1. The van der Waals surface area contributed by atoms with Crippen molar-refractivity contribution in [1.82, 2.24) is 5.32 Å². The zero-order chi connectivity index (χ0) is 18.9. The lowest BCUT2D eigenvalue weighted by Crippen LogP contribution is -2.44. The highest BCUT2D eigenvalue weighted by Gasteiger charge is 2.36. The van der Waals surface area contributed by atoms with E-state index in [-0.39, 0.29) is 5.41 Å². The first-order valence-electron chi connectivity index (χ1n) is 8.48. The zero-order valence-corrected chi connectivity index (χ0v) is 16.3. The lowest BCUT2D eigenvalue weighted by Gasteiger charge is -2.38. The van der Waals surface area contributed by atoms with Gasteiger partial charge in [-0.2, -0.15) is 0 Å². The zero-order valence-electron chi connectivity index (χ0n) is 15.5. The number of methoxy groups -OCH3 is 2. The number of hydrogen-bond acceptors (Lipinski definition) is 6. The van der Waals surface area contributed by atoms with Crippen LogP contribution in [0.4, 0.5) is 5.69 Å². The van der Waals surface area contributed by atoms with E-state index in [0.717, 1.165) is 34.8 Å². The molecule has 1 aliphatic carbocycles. The molecule has 0 aromatic heterocycles. The van der Waals surface area contributed by atoms with Gasteiger partial charge in [0.25, 0.3) is 0 Å². The molecule has 140 valence electrons. The van der Waals surface area contributed by atoms with Gasteiger partial charge in [0.2, 0.25) is 0 Å². The number of carboxylic acids is 1. The summed E-state index contributed by atoms with van der Waals surface area (Å²) in [7, 11) is 3.21. The number of benzene rings is 1. The second-order valence-electron chi connectivity index (χ2n) is 7.27. The maximum atomic E-state index is 11.3. The smallest absolute Gasteiger partial charge is 0.326 e. The van der Waals surface area contributed by atoms with Crippen LogP contribution in [0.1, 0.15) is 26.7 Å². The van der Waals surface area contributed by atoms with E-state index in [4.69, 9.17) is 14.5 Å². The molecule has 1 aromatic rings. The lowest BCUT2D eigenvalue weighted by atomic mass is 9.78. The predicted octanol–water partition coefficient (Wildman–Crippen LogP) is 3.60. The quantitative estimate of drug-likeness (QED) is 0.836. The van der Waals surface area contributed by atoms with E-state index in [1.807, 2.05) is 18.2 Å². The highest BCUT2D eigenvalue weighted by atomic mass is 32.2. The molecule has 7 heteroatoms. The SMILES string of the molecule is COc1ccc(/N=C2\CC(C)(C)CC3=C2SCC(C(=O)O)N3)cc1OC. The molecule has 26 heavy (non-hydrogen) atoms. The summed E-state index contributed by atoms with van der Waals surface area (Å²) in [5.74, 6) is 0.989. The number of allylic oxidation sites excluding steroid dienone is 2. The molecule has 2 aliphatic rings. The largest absolute Gasteiger partial charge is 0.493 e. The number of nitrogens with zero attached hydrogens (tertiary/aromatic N) is 1. The van der Waals surface area contributed by atoms with Crippen molar-refractivity contribution in [2.24, 2.45) is 10.4 Å². The molecular formula is C19H24N2O4S. The third kappa shape index (κ3) is 3.82. The predicted molar refractivity (Wildman–Crippen MR) is 104 cm³/mol. The Kier molecular flexibility index (Phi) is 5.18. The fraction of sp³-hybridized carbons (Fsp3) is 0.474. The summed E-state index contributed by atoms with van der Waals surface area (Å²) in [4.78, 5) is 17.3. The number of hydrogen-bond donors (Lipinski definition) is 2. The second kappa shape index (κ2) is 7.23. The van der Waals surface area contributed by atoms with Gasteiger partial charge in [0.15, 0.2) is 11.5 Å². The van der Waals surface area contributed by atoms with Crippen LogP contribution in [-0.4, -0.2) is 42.8 Å². The Hall–Kier alpha value is -2.15. The molecule has 0 radical (unpaired) electrons. The molecule has 0 bridgehead atoms. The number of nitrogens with one attached hydrogen (secondary N) is 1. The van der Waals surface area contributed by atoms with Crippen LogP contribution in [0, 0.1) is 5.41 Å². The Morgan fingerprint density at radius 2 is 2.00 bits per heavy atom. The Balaban J connectivity index is 1.98. The van der Waals surface area contributed by atoms with Gasteiger partial charge in [-0.05, 0) is 30.4 Å². The summed E-state index contributed by atoms with van der Waals surface area (Å²) in [6.07, 6.45) is 1.66. The third-order valence-corrected chi connectivity index (χ3v) is 5.78. The standard InChI is InChI=1S/C19H24N2O4S/c1-19(2)8-12(17-13(9-19)21-14(10-26-17)18(22)23)20-11-5-6-15(24-3)16(7-11)25-4/h5-7,14,21H,8-10H2,1-4H3,(H,22,23)/b20-12+. The van der Waals surface area contributed by atoms with Crippen LogP contribution in [0.25, 0.3) is 0 Å². The second-order valence-corrected chi connectivity index (χ2v) is 8.30. The van der Waals surface area contributed by atoms with Crippen molar-refractivity contribution in [1.29, 1.82) is 0 Å². The summed E-state index contributed by atoms with van der Waals surface area (Å²) < 4.78 is 10.6. The molecule has 1 heterocycles. The molecule has 0 saturated heterocycles. The summed E-state index contributed by atoms with van der Waals surface area (Å²) >= 11 is 1.58. The Morgan fingerprint density at radius 3 is 2.65 bits per heavy atom. The van der Waals surface area contributed by atoms with Crippen LogP contribution in [-0.2, 0) is 4.79 Å². The van der Waals surface area contributed by atoms with Gasteiger partial charge in [-0.3, -0.25) is 4.99 Å². The average molecular weight is 376 g/mol. The molecule has 1 aromatic carbocycles. The molecule has 0 fully saturated rings. The van der Waals surface area contributed by atoms with Crippen molar-refractivity contribution in [3.63, 3.8) is 0 Å². The topological polar surface area (TPSA) is 80.2 Å². The molecule has 3 rings (SSSR count). The first-order chi connectivity index (χ1) is 12.3. The van der Waals surface area contributed by atoms with Gasteiger partial charge in [0.1, 0.15) is 6.04 Å². The molecule has 6 nitrogen and oxygen atoms in total. The summed E-state index contributed by atoms with van der Waals surface area (Å²) in [6.45, 7) is 4.36. The van der Waals surface area contributed by atoms with Crippen molar-refractivity contribution >= 4 is 29.1 Å². The van der Waals surface area contributed by atoms with Crippen LogP contribution < -0.4 is 14.8 Å². The van der Waals surface area contributed by atoms with Crippen LogP contribution in [0.5, 0.6) is 11.5 Å². The minimum Gasteiger partial charge on any atom is -0.493 e. The molecular weight excluding hydrogens is 352 g/mol. The minimum absolute atomic E-state index is 0.0160. The van der Waals surface area contributed by atoms with Crippen molar-refractivity contribution in [2.75, 3.05) is 20.0 Å². The third-order valence-electron chi connectivity index (χ3n) is 4.51. The van der Waals surface area contributed by atoms with Gasteiger partial charge < -0.3 is 19.9 Å². The van der Waals surface area contributed by atoms with E-state index in [9.17, 15) is 9.90 Å². The highest BCUT2D eigenvalue weighted by molar-refractivity contribution is 8.04. The molecule has 0 saturated carbocycles. The first kappa shape index (κ1) is 18.6. The fourth-order valence-electron chi connectivity index (χ4n) is 3.31. The van der Waals surface area contributed by atoms with E-state index in [1.54, 1.807) is 26.0 Å². The molecule has 1 unspecified atom stereocenters. The van der Waals surface area contributed by atoms with Crippen molar-refractivity contribution in [3.05, 3.63) is 28.8 Å². The maximum absolute atomic E-state index is 11.3. The number of ether oxygens (including phenoxy) is 2. The van der Waals surface area contributed by atoms with Gasteiger partial charge in [-0.25, -0.2) is 4.79 Å². The van der Waals surface area contributed by atoms with E-state index >= 15 is 0 Å². The molecule has 0 amide bonds. The number of aliphatic carboxylic acids is 1. The van der Waals surface area contributed by atoms with Gasteiger partial charge in [-0.15, -0.1) is 11.8 Å². The monoisotopic (exact) mass is 376 g/mol. The van der Waals surface area contributed by atoms with Gasteiger partial charge in [-0.1, -0.05) is 13.8 Å².